The molecule has 118 valence electrons. The van der Waals surface area contributed by atoms with Gasteiger partial charge in [0.05, 0.1) is 12.6 Å². The number of fused-ring (bicyclic) bond motifs is 1. The molecule has 2 aromatic carbocycles. The maximum atomic E-state index is 12.1. The number of hydrogen-bond donors (Lipinski definition) is 1. The molecule has 0 saturated heterocycles. The highest BCUT2D eigenvalue weighted by atomic mass is 32.1. The minimum absolute atomic E-state index is 0.0922. The summed E-state index contributed by atoms with van der Waals surface area (Å²) in [5.74, 6) is 0.608. The van der Waals surface area contributed by atoms with Crippen molar-refractivity contribution in [3.05, 3.63) is 53.4 Å². The van der Waals surface area contributed by atoms with Crippen LogP contribution >= 0.6 is 12.2 Å². The van der Waals surface area contributed by atoms with E-state index in [-0.39, 0.29) is 5.91 Å². The first-order chi connectivity index (χ1) is 11.2. The van der Waals surface area contributed by atoms with Gasteiger partial charge in [-0.1, -0.05) is 18.2 Å². The van der Waals surface area contributed by atoms with Gasteiger partial charge in [0.25, 0.3) is 4.84 Å². The van der Waals surface area contributed by atoms with Gasteiger partial charge in [-0.2, -0.15) is 0 Å². The molecule has 23 heavy (non-hydrogen) atoms. The molecule has 0 aliphatic carbocycles. The Labute approximate surface area is 138 Å². The standard InChI is InChI=1S/C17H16N2O3S/c1-21-13-6-4-5-12(11-13)18-16(20)9-10-19-14-7-2-3-8-15(14)22-17(19)23/h2-8,11H,9-10H2,1H3,(H,18,20). The number of ether oxygens (including phenoxy) is 1. The summed E-state index contributed by atoms with van der Waals surface area (Å²) in [6.07, 6.45) is 0.301. The molecule has 0 aliphatic heterocycles. The zero-order valence-electron chi connectivity index (χ0n) is 12.6. The van der Waals surface area contributed by atoms with E-state index in [0.717, 1.165) is 11.1 Å². The Kier molecular flexibility index (Phi) is 4.43. The van der Waals surface area contributed by atoms with E-state index >= 15 is 0 Å². The van der Waals surface area contributed by atoms with Gasteiger partial charge in [0.15, 0.2) is 5.58 Å². The number of nitrogens with one attached hydrogen (secondary N) is 1. The molecule has 0 unspecified atom stereocenters. The lowest BCUT2D eigenvalue weighted by Gasteiger charge is -2.07. The van der Waals surface area contributed by atoms with Crippen molar-refractivity contribution in [1.29, 1.82) is 0 Å². The summed E-state index contributed by atoms with van der Waals surface area (Å²) in [6.45, 7) is 0.464. The lowest BCUT2D eigenvalue weighted by Crippen LogP contribution is -2.14. The lowest BCUT2D eigenvalue weighted by molar-refractivity contribution is -0.116. The molecule has 1 heterocycles. The normalized spacial score (nSPS) is 10.7. The Morgan fingerprint density at radius 1 is 1.26 bits per heavy atom. The summed E-state index contributed by atoms with van der Waals surface area (Å²) < 4.78 is 12.5. The van der Waals surface area contributed by atoms with Gasteiger partial charge in [-0.15, -0.1) is 0 Å². The number of oxazole rings is 1. The van der Waals surface area contributed by atoms with Gasteiger partial charge < -0.3 is 14.5 Å². The lowest BCUT2D eigenvalue weighted by atomic mass is 10.3. The van der Waals surface area contributed by atoms with Crippen LogP contribution < -0.4 is 10.1 Å². The molecule has 5 nitrogen and oxygen atoms in total. The van der Waals surface area contributed by atoms with E-state index in [9.17, 15) is 4.79 Å². The Bertz CT molecular complexity index is 898. The molecule has 3 rings (SSSR count). The zero-order valence-corrected chi connectivity index (χ0v) is 13.4. The second kappa shape index (κ2) is 6.66. The number of anilines is 1. The summed E-state index contributed by atoms with van der Waals surface area (Å²) in [5.41, 5.74) is 2.33. The second-order valence-corrected chi connectivity index (χ2v) is 5.37. The van der Waals surface area contributed by atoms with Crippen LogP contribution in [0.15, 0.2) is 52.9 Å². The number of hydrogen-bond acceptors (Lipinski definition) is 4. The molecule has 6 heteroatoms. The Hall–Kier alpha value is -2.60. The van der Waals surface area contributed by atoms with Crippen LogP contribution in [0.1, 0.15) is 6.42 Å². The third-order valence-corrected chi connectivity index (χ3v) is 3.79. The number of benzene rings is 2. The minimum atomic E-state index is -0.0922. The van der Waals surface area contributed by atoms with Crippen molar-refractivity contribution < 1.29 is 13.9 Å². The van der Waals surface area contributed by atoms with E-state index < -0.39 is 0 Å². The molecule has 0 saturated carbocycles. The first-order valence-corrected chi connectivity index (χ1v) is 7.60. The number of methoxy groups -OCH3 is 1. The molecule has 0 spiro atoms. The van der Waals surface area contributed by atoms with Crippen LogP contribution in [0, 0.1) is 4.84 Å². The van der Waals surface area contributed by atoms with Crippen LogP contribution in [0.3, 0.4) is 0 Å². The predicted molar refractivity (Wildman–Crippen MR) is 91.3 cm³/mol. The van der Waals surface area contributed by atoms with Crippen molar-refractivity contribution in [3.8, 4) is 5.75 Å². The third kappa shape index (κ3) is 3.43. The Morgan fingerprint density at radius 2 is 2.09 bits per heavy atom. The number of carbonyl (C=O) groups is 1. The largest absolute Gasteiger partial charge is 0.497 e. The molecular formula is C17H16N2O3S. The molecular weight excluding hydrogens is 312 g/mol. The van der Waals surface area contributed by atoms with E-state index in [0.29, 0.717) is 29.2 Å². The van der Waals surface area contributed by atoms with Gasteiger partial charge in [-0.3, -0.25) is 9.36 Å². The van der Waals surface area contributed by atoms with E-state index in [1.807, 2.05) is 47.0 Å². The fourth-order valence-corrected chi connectivity index (χ4v) is 2.64. The molecule has 1 aromatic heterocycles. The van der Waals surface area contributed by atoms with Gasteiger partial charge in [-0.25, -0.2) is 0 Å². The summed E-state index contributed by atoms with van der Waals surface area (Å²) >= 11 is 5.22. The van der Waals surface area contributed by atoms with Crippen LogP contribution in [0.2, 0.25) is 0 Å². The number of para-hydroxylation sites is 2. The predicted octanol–water partition coefficient (Wildman–Crippen LogP) is 4.00. The van der Waals surface area contributed by atoms with E-state index in [1.54, 1.807) is 13.2 Å². The molecule has 0 aliphatic rings. The highest BCUT2D eigenvalue weighted by Crippen LogP contribution is 2.19. The van der Waals surface area contributed by atoms with Gasteiger partial charge in [0.1, 0.15) is 5.75 Å². The fourth-order valence-electron chi connectivity index (χ4n) is 2.36. The Morgan fingerprint density at radius 3 is 2.91 bits per heavy atom. The molecule has 1 N–H and O–H groups in total. The van der Waals surface area contributed by atoms with Gasteiger partial charge in [0.2, 0.25) is 5.91 Å². The molecule has 0 fully saturated rings. The van der Waals surface area contributed by atoms with Crippen LogP contribution in [0.5, 0.6) is 5.75 Å². The molecule has 1 amide bonds. The van der Waals surface area contributed by atoms with Crippen LogP contribution in [-0.4, -0.2) is 17.6 Å². The quantitative estimate of drug-likeness (QED) is 0.719. The van der Waals surface area contributed by atoms with Gasteiger partial charge in [0, 0.05) is 24.7 Å². The van der Waals surface area contributed by atoms with Crippen LogP contribution in [0.4, 0.5) is 5.69 Å². The van der Waals surface area contributed by atoms with E-state index in [4.69, 9.17) is 21.4 Å². The summed E-state index contributed by atoms with van der Waals surface area (Å²) in [4.78, 5) is 12.5. The number of rotatable bonds is 5. The number of nitrogens with zero attached hydrogens (tertiary/aromatic N) is 1. The number of carbonyl (C=O) groups excluding carboxylic acids is 1. The van der Waals surface area contributed by atoms with Crippen molar-refractivity contribution in [1.82, 2.24) is 4.57 Å². The smallest absolute Gasteiger partial charge is 0.269 e. The molecule has 0 atom stereocenters. The Balaban J connectivity index is 1.68. The summed E-state index contributed by atoms with van der Waals surface area (Å²) in [6, 6.07) is 14.8. The summed E-state index contributed by atoms with van der Waals surface area (Å²) in [7, 11) is 1.59. The highest BCUT2D eigenvalue weighted by Gasteiger charge is 2.09. The average molecular weight is 328 g/mol. The van der Waals surface area contributed by atoms with Gasteiger partial charge >= 0.3 is 0 Å². The van der Waals surface area contributed by atoms with Gasteiger partial charge in [-0.05, 0) is 36.5 Å². The monoisotopic (exact) mass is 328 g/mol. The topological polar surface area (TPSA) is 56.4 Å². The maximum absolute atomic E-state index is 12.1. The second-order valence-electron chi connectivity index (χ2n) is 5.02. The fraction of sp³-hybridized carbons (Fsp3) is 0.176. The first kappa shape index (κ1) is 15.3. The number of aryl methyl sites for hydroxylation is 1. The molecule has 0 radical (unpaired) electrons. The number of amides is 1. The molecule has 3 aromatic rings. The third-order valence-electron chi connectivity index (χ3n) is 3.49. The van der Waals surface area contributed by atoms with Crippen LogP contribution in [0.25, 0.3) is 11.1 Å². The SMILES string of the molecule is COc1cccc(NC(=O)CCn2c(=S)oc3ccccc32)c1. The molecule has 0 bridgehead atoms. The highest BCUT2D eigenvalue weighted by molar-refractivity contribution is 7.71. The maximum Gasteiger partial charge on any atom is 0.269 e. The number of aromatic nitrogens is 1. The van der Waals surface area contributed by atoms with E-state index in [1.165, 1.54) is 0 Å². The van der Waals surface area contributed by atoms with E-state index in [2.05, 4.69) is 5.32 Å². The summed E-state index contributed by atoms with van der Waals surface area (Å²) in [5, 5.41) is 2.85. The zero-order chi connectivity index (χ0) is 16.2. The van der Waals surface area contributed by atoms with Crippen molar-refractivity contribution >= 4 is 34.9 Å². The average Bonchev–Trinajstić information content (AvgIpc) is 2.88. The van der Waals surface area contributed by atoms with Crippen molar-refractivity contribution in [3.63, 3.8) is 0 Å². The first-order valence-electron chi connectivity index (χ1n) is 7.19. The van der Waals surface area contributed by atoms with Crippen molar-refractivity contribution in [2.45, 2.75) is 13.0 Å². The van der Waals surface area contributed by atoms with Crippen molar-refractivity contribution in [2.75, 3.05) is 12.4 Å². The minimum Gasteiger partial charge on any atom is -0.497 e. The van der Waals surface area contributed by atoms with Crippen LogP contribution in [-0.2, 0) is 11.3 Å². The van der Waals surface area contributed by atoms with Crippen molar-refractivity contribution in [2.24, 2.45) is 0 Å².